The van der Waals surface area contributed by atoms with Crippen molar-refractivity contribution in [3.8, 4) is 0 Å². The van der Waals surface area contributed by atoms with Gasteiger partial charge in [-0.1, -0.05) is 0 Å². The minimum absolute atomic E-state index is 0.650. The van der Waals surface area contributed by atoms with E-state index in [0.717, 1.165) is 29.5 Å². The smallest absolute Gasteiger partial charge is 0.173 e. The molecule has 1 aliphatic rings. The number of nitrogens with zero attached hydrogens (tertiary/aromatic N) is 4. The summed E-state index contributed by atoms with van der Waals surface area (Å²) in [6.07, 6.45) is 6.32. The van der Waals surface area contributed by atoms with E-state index in [-0.39, 0.29) is 0 Å². The molecule has 0 amide bonds. The van der Waals surface area contributed by atoms with Gasteiger partial charge in [0.05, 0.1) is 11.1 Å². The highest BCUT2D eigenvalue weighted by molar-refractivity contribution is 7.98. The number of hydrogen-bond acceptors (Lipinski definition) is 5. The molecule has 0 spiro atoms. The van der Waals surface area contributed by atoms with Crippen LogP contribution in [-0.4, -0.2) is 33.9 Å². The molecule has 2 N–H and O–H groups in total. The van der Waals surface area contributed by atoms with Crippen LogP contribution in [0.2, 0.25) is 0 Å². The lowest BCUT2D eigenvalue weighted by Gasteiger charge is -2.17. The fourth-order valence-corrected chi connectivity index (χ4v) is 2.67. The number of aromatic nitrogens is 3. The molecule has 1 fully saturated rings. The standard InChI is InChI=1S/C11H15N5S/c1-17-8-7-13-16-9(12)6-10(14-11(8)16)15-4-2-3-5-15/h6-7H,2-5,12H2,1H3. The average molecular weight is 249 g/mol. The van der Waals surface area contributed by atoms with Gasteiger partial charge in [0.2, 0.25) is 0 Å². The van der Waals surface area contributed by atoms with Crippen molar-refractivity contribution in [3.05, 3.63) is 12.3 Å². The van der Waals surface area contributed by atoms with E-state index in [1.54, 1.807) is 16.3 Å². The summed E-state index contributed by atoms with van der Waals surface area (Å²) in [4.78, 5) is 8.03. The number of rotatable bonds is 2. The summed E-state index contributed by atoms with van der Waals surface area (Å²) in [5.74, 6) is 1.63. The fraction of sp³-hybridized carbons (Fsp3) is 0.455. The van der Waals surface area contributed by atoms with Gasteiger partial charge >= 0.3 is 0 Å². The number of thioether (sulfide) groups is 1. The van der Waals surface area contributed by atoms with E-state index < -0.39 is 0 Å². The van der Waals surface area contributed by atoms with Gasteiger partial charge in [-0.2, -0.15) is 9.61 Å². The molecule has 0 aromatic carbocycles. The van der Waals surface area contributed by atoms with E-state index in [2.05, 4.69) is 15.0 Å². The molecule has 1 aliphatic heterocycles. The Bertz CT molecular complexity index is 544. The third kappa shape index (κ3) is 1.72. The maximum Gasteiger partial charge on any atom is 0.173 e. The van der Waals surface area contributed by atoms with Crippen molar-refractivity contribution < 1.29 is 0 Å². The van der Waals surface area contributed by atoms with Crippen LogP contribution in [0.25, 0.3) is 5.65 Å². The Morgan fingerprint density at radius 2 is 2.12 bits per heavy atom. The first-order chi connectivity index (χ1) is 8.29. The van der Waals surface area contributed by atoms with Crippen LogP contribution in [0.4, 0.5) is 11.6 Å². The Morgan fingerprint density at radius 1 is 1.35 bits per heavy atom. The van der Waals surface area contributed by atoms with E-state index in [4.69, 9.17) is 5.73 Å². The first-order valence-electron chi connectivity index (χ1n) is 5.73. The van der Waals surface area contributed by atoms with Crippen LogP contribution in [0.5, 0.6) is 0 Å². The number of nitrogens with two attached hydrogens (primary N) is 1. The molecule has 0 atom stereocenters. The van der Waals surface area contributed by atoms with E-state index in [1.165, 1.54) is 12.8 Å². The van der Waals surface area contributed by atoms with Gasteiger partial charge in [-0.15, -0.1) is 11.8 Å². The van der Waals surface area contributed by atoms with Gasteiger partial charge in [0.25, 0.3) is 0 Å². The minimum atomic E-state index is 0.650. The van der Waals surface area contributed by atoms with Crippen LogP contribution in [0.3, 0.4) is 0 Å². The maximum absolute atomic E-state index is 6.02. The van der Waals surface area contributed by atoms with Crippen molar-refractivity contribution in [2.45, 2.75) is 17.7 Å². The van der Waals surface area contributed by atoms with E-state index in [9.17, 15) is 0 Å². The number of fused-ring (bicyclic) bond motifs is 1. The van der Waals surface area contributed by atoms with Crippen LogP contribution in [0.15, 0.2) is 17.2 Å². The molecule has 3 rings (SSSR count). The predicted molar refractivity (Wildman–Crippen MR) is 70.6 cm³/mol. The number of anilines is 2. The first kappa shape index (κ1) is 10.7. The molecule has 5 nitrogen and oxygen atoms in total. The van der Waals surface area contributed by atoms with Gasteiger partial charge in [0, 0.05) is 19.2 Å². The van der Waals surface area contributed by atoms with E-state index >= 15 is 0 Å². The summed E-state index contributed by atoms with van der Waals surface area (Å²) in [5.41, 5.74) is 6.88. The van der Waals surface area contributed by atoms with Gasteiger partial charge in [0.15, 0.2) is 5.65 Å². The highest BCUT2D eigenvalue weighted by Gasteiger charge is 2.16. The third-order valence-corrected chi connectivity index (χ3v) is 3.83. The second-order valence-electron chi connectivity index (χ2n) is 4.18. The van der Waals surface area contributed by atoms with Gasteiger partial charge in [-0.25, -0.2) is 4.98 Å². The highest BCUT2D eigenvalue weighted by Crippen LogP contribution is 2.26. The number of hydrogen-bond donors (Lipinski definition) is 1. The molecule has 3 heterocycles. The lowest BCUT2D eigenvalue weighted by Crippen LogP contribution is -2.20. The zero-order valence-electron chi connectivity index (χ0n) is 9.76. The minimum Gasteiger partial charge on any atom is -0.383 e. The molecule has 0 radical (unpaired) electrons. The summed E-state index contributed by atoms with van der Waals surface area (Å²) in [6.45, 7) is 2.15. The van der Waals surface area contributed by atoms with E-state index in [0.29, 0.717) is 5.82 Å². The molecular formula is C11H15N5S. The Hall–Kier alpha value is -1.43. The Labute approximate surface area is 104 Å². The molecule has 2 aromatic heterocycles. The Balaban J connectivity index is 2.13. The highest BCUT2D eigenvalue weighted by atomic mass is 32.2. The topological polar surface area (TPSA) is 59.5 Å². The normalized spacial score (nSPS) is 15.9. The van der Waals surface area contributed by atoms with Gasteiger partial charge in [0.1, 0.15) is 11.6 Å². The van der Waals surface area contributed by atoms with Crippen LogP contribution in [0, 0.1) is 0 Å². The second-order valence-corrected chi connectivity index (χ2v) is 5.03. The number of nitrogen functional groups attached to an aromatic ring is 1. The first-order valence-corrected chi connectivity index (χ1v) is 6.95. The van der Waals surface area contributed by atoms with E-state index in [1.807, 2.05) is 18.5 Å². The average Bonchev–Trinajstić information content (AvgIpc) is 2.97. The molecule has 2 aromatic rings. The monoisotopic (exact) mass is 249 g/mol. The lowest BCUT2D eigenvalue weighted by atomic mass is 10.4. The van der Waals surface area contributed by atoms with Crippen molar-refractivity contribution in [3.63, 3.8) is 0 Å². The fourth-order valence-electron chi connectivity index (χ4n) is 2.20. The van der Waals surface area contributed by atoms with Crippen molar-refractivity contribution in [2.24, 2.45) is 0 Å². The quantitative estimate of drug-likeness (QED) is 0.820. The van der Waals surface area contributed by atoms with Crippen molar-refractivity contribution in [1.82, 2.24) is 14.6 Å². The molecule has 90 valence electrons. The SMILES string of the molecule is CSc1cnn2c(N)cc(N3CCCC3)nc12. The maximum atomic E-state index is 6.02. The zero-order valence-corrected chi connectivity index (χ0v) is 10.6. The summed E-state index contributed by atoms with van der Waals surface area (Å²) in [5, 5.41) is 4.25. The van der Waals surface area contributed by atoms with Crippen LogP contribution < -0.4 is 10.6 Å². The van der Waals surface area contributed by atoms with Gasteiger partial charge < -0.3 is 10.6 Å². The summed E-state index contributed by atoms with van der Waals surface area (Å²) < 4.78 is 1.70. The zero-order chi connectivity index (χ0) is 11.8. The third-order valence-electron chi connectivity index (χ3n) is 3.10. The summed E-state index contributed by atoms with van der Waals surface area (Å²) in [7, 11) is 0. The van der Waals surface area contributed by atoms with Crippen LogP contribution >= 0.6 is 11.8 Å². The molecule has 0 bridgehead atoms. The predicted octanol–water partition coefficient (Wildman–Crippen LogP) is 1.63. The van der Waals surface area contributed by atoms with Crippen molar-refractivity contribution in [2.75, 3.05) is 30.0 Å². The van der Waals surface area contributed by atoms with Crippen LogP contribution in [0.1, 0.15) is 12.8 Å². The molecule has 0 saturated carbocycles. The summed E-state index contributed by atoms with van der Waals surface area (Å²) >= 11 is 1.64. The lowest BCUT2D eigenvalue weighted by molar-refractivity contribution is 0.905. The Morgan fingerprint density at radius 3 is 2.82 bits per heavy atom. The second kappa shape index (κ2) is 4.10. The molecule has 1 saturated heterocycles. The molecule has 6 heteroatoms. The molecule has 0 aliphatic carbocycles. The summed E-state index contributed by atoms with van der Waals surface area (Å²) in [6, 6.07) is 1.91. The largest absolute Gasteiger partial charge is 0.383 e. The van der Waals surface area contributed by atoms with Gasteiger partial charge in [-0.05, 0) is 19.1 Å². The van der Waals surface area contributed by atoms with Crippen molar-refractivity contribution in [1.29, 1.82) is 0 Å². The molecule has 17 heavy (non-hydrogen) atoms. The molecular weight excluding hydrogens is 234 g/mol. The van der Waals surface area contributed by atoms with Crippen molar-refractivity contribution >= 4 is 29.0 Å². The molecule has 0 unspecified atom stereocenters. The van der Waals surface area contributed by atoms with Gasteiger partial charge in [-0.3, -0.25) is 0 Å². The Kier molecular flexibility index (Phi) is 2.58. The van der Waals surface area contributed by atoms with Crippen LogP contribution in [-0.2, 0) is 0 Å².